The average Bonchev–Trinajstić information content (AvgIpc) is 3.94. The average molecular weight is 731 g/mol. The van der Waals surface area contributed by atoms with Crippen LogP contribution in [0.25, 0.3) is 11.5 Å². The van der Waals surface area contributed by atoms with E-state index in [-0.39, 0.29) is 23.6 Å². The van der Waals surface area contributed by atoms with Gasteiger partial charge in [0, 0.05) is 32.3 Å². The molecule has 52 heavy (non-hydrogen) atoms. The summed E-state index contributed by atoms with van der Waals surface area (Å²) in [6.45, 7) is 1.10. The van der Waals surface area contributed by atoms with Crippen LogP contribution in [0.15, 0.2) is 156 Å². The lowest BCUT2D eigenvalue weighted by atomic mass is 10.1. The molecule has 0 bridgehead atoms. The molecule has 6 rings (SSSR count). The van der Waals surface area contributed by atoms with Crippen molar-refractivity contribution < 1.29 is 19.7 Å². The highest BCUT2D eigenvalue weighted by Crippen LogP contribution is 2.27. The Balaban J connectivity index is 0.926. The molecule has 6 aromatic rings. The fraction of sp³-hybridized carbons (Fsp3) is 0.143. The molecule has 0 saturated carbocycles. The molecule has 0 aliphatic rings. The molecule has 8 nitrogen and oxygen atoms in total. The van der Waals surface area contributed by atoms with E-state index in [2.05, 4.69) is 21.7 Å². The summed E-state index contributed by atoms with van der Waals surface area (Å²) >= 11 is 3.24. The summed E-state index contributed by atoms with van der Waals surface area (Å²) in [4.78, 5) is 2.15. The number of anilines is 2. The van der Waals surface area contributed by atoms with Gasteiger partial charge in [0.05, 0.1) is 25.3 Å². The molecule has 0 aliphatic heterocycles. The maximum absolute atomic E-state index is 10.9. The van der Waals surface area contributed by atoms with Gasteiger partial charge in [-0.25, -0.2) is 10.9 Å². The Labute approximate surface area is 312 Å². The van der Waals surface area contributed by atoms with Gasteiger partial charge in [-0.2, -0.15) is 0 Å². The molecule has 0 spiro atoms. The topological polar surface area (TPSA) is 107 Å². The number of hydrazine groups is 2. The number of hydrogen-bond acceptors (Lipinski definition) is 10. The molecule has 0 aliphatic carbocycles. The zero-order chi connectivity index (χ0) is 35.8. The molecule has 0 amide bonds. The number of nitrogens with one attached hydrogen (secondary N) is 4. The highest BCUT2D eigenvalue weighted by Gasteiger charge is 2.14. The van der Waals surface area contributed by atoms with Crippen molar-refractivity contribution in [2.75, 3.05) is 24.1 Å². The maximum atomic E-state index is 10.9. The number of unbranched alkanes of at least 4 members (excludes halogenated alkanes) is 1. The van der Waals surface area contributed by atoms with Gasteiger partial charge < -0.3 is 30.5 Å². The lowest BCUT2D eigenvalue weighted by Crippen LogP contribution is -2.25. The van der Waals surface area contributed by atoms with Crippen molar-refractivity contribution in [1.82, 2.24) is 10.9 Å². The lowest BCUT2D eigenvalue weighted by Gasteiger charge is -2.16. The van der Waals surface area contributed by atoms with Crippen LogP contribution in [0.5, 0.6) is 11.5 Å². The van der Waals surface area contributed by atoms with Crippen LogP contribution in [0.4, 0.5) is 11.4 Å². The van der Waals surface area contributed by atoms with Crippen LogP contribution >= 0.6 is 22.7 Å². The Bertz CT molecular complexity index is 1810. The molecule has 0 saturated heterocycles. The Hall–Kier alpha value is -5.52. The number of aliphatic hydroxyl groups excluding tert-OH is 2. The van der Waals surface area contributed by atoms with Gasteiger partial charge in [0.1, 0.15) is 23.0 Å². The monoisotopic (exact) mass is 730 g/mol. The van der Waals surface area contributed by atoms with Crippen LogP contribution in [0, 0.1) is 0 Å². The number of thiophene rings is 2. The second-order valence-electron chi connectivity index (χ2n) is 11.8. The second-order valence-corrected chi connectivity index (χ2v) is 13.8. The van der Waals surface area contributed by atoms with E-state index in [1.165, 1.54) is 0 Å². The SMILES string of the molecule is O/C(=C\C(NNc1ccccc1)c1cccs1)c1ccc(OCCCCOc2ccc(/C(O)=C/C(NNc3ccccc3)c3cccs3)cc2)cc1. The van der Waals surface area contributed by atoms with E-state index in [4.69, 9.17) is 9.47 Å². The van der Waals surface area contributed by atoms with E-state index >= 15 is 0 Å². The fourth-order valence-corrected chi connectivity index (χ4v) is 6.72. The van der Waals surface area contributed by atoms with Gasteiger partial charge in [-0.3, -0.25) is 0 Å². The summed E-state index contributed by atoms with van der Waals surface area (Å²) < 4.78 is 11.9. The van der Waals surface area contributed by atoms with E-state index in [1.54, 1.807) is 34.8 Å². The van der Waals surface area contributed by atoms with E-state index in [0.717, 1.165) is 45.5 Å². The first-order valence-corrected chi connectivity index (χ1v) is 18.8. The van der Waals surface area contributed by atoms with Crippen molar-refractivity contribution in [2.24, 2.45) is 0 Å². The van der Waals surface area contributed by atoms with Crippen LogP contribution in [0.1, 0.15) is 45.8 Å². The minimum Gasteiger partial charge on any atom is -0.508 e. The van der Waals surface area contributed by atoms with Crippen molar-refractivity contribution >= 4 is 45.6 Å². The van der Waals surface area contributed by atoms with E-state index < -0.39 is 0 Å². The van der Waals surface area contributed by atoms with Gasteiger partial charge in [-0.05, 0) is 121 Å². The standard InChI is InChI=1S/C42H42N4O4S2/c47-39(29-37(41-15-9-27-51-41)45-43-33-11-3-1-4-12-33)31-17-21-35(22-18-31)49-25-7-8-26-50-36-23-19-32(20-24-36)40(48)30-38(42-16-10-28-52-42)46-44-34-13-5-2-6-14-34/h1-6,9-24,27-30,37-38,43-48H,7-8,25-26H2/b39-29-,40-30-. The van der Waals surface area contributed by atoms with Crippen molar-refractivity contribution in [1.29, 1.82) is 0 Å². The molecule has 2 aromatic heterocycles. The summed E-state index contributed by atoms with van der Waals surface area (Å²) in [5, 5.41) is 25.9. The van der Waals surface area contributed by atoms with Crippen LogP contribution in [-0.4, -0.2) is 23.4 Å². The normalized spacial score (nSPS) is 12.9. The molecule has 10 heteroatoms. The van der Waals surface area contributed by atoms with Crippen molar-refractivity contribution in [3.05, 3.63) is 177 Å². The molecule has 6 N–H and O–H groups in total. The summed E-state index contributed by atoms with van der Waals surface area (Å²) in [5.41, 5.74) is 16.4. The Kier molecular flexibility index (Phi) is 13.4. The Morgan fingerprint density at radius 1 is 0.519 bits per heavy atom. The highest BCUT2D eigenvalue weighted by molar-refractivity contribution is 7.10. The van der Waals surface area contributed by atoms with E-state index in [0.29, 0.717) is 24.3 Å². The molecule has 4 aromatic carbocycles. The zero-order valence-corrected chi connectivity index (χ0v) is 30.2. The lowest BCUT2D eigenvalue weighted by molar-refractivity contribution is 0.266. The quantitative estimate of drug-likeness (QED) is 0.0278. The van der Waals surface area contributed by atoms with Gasteiger partial charge in [-0.15, -0.1) is 22.7 Å². The van der Waals surface area contributed by atoms with Crippen LogP contribution < -0.4 is 31.2 Å². The summed E-state index contributed by atoms with van der Waals surface area (Å²) in [6.07, 6.45) is 5.25. The molecule has 2 heterocycles. The third-order valence-electron chi connectivity index (χ3n) is 8.02. The maximum Gasteiger partial charge on any atom is 0.120 e. The third kappa shape index (κ3) is 11.0. The molecule has 266 valence electrons. The smallest absolute Gasteiger partial charge is 0.120 e. The predicted molar refractivity (Wildman–Crippen MR) is 215 cm³/mol. The number of hydrogen-bond donors (Lipinski definition) is 6. The van der Waals surface area contributed by atoms with Crippen LogP contribution in [0.3, 0.4) is 0 Å². The second kappa shape index (κ2) is 19.2. The number of aliphatic hydroxyl groups is 2. The first-order valence-electron chi connectivity index (χ1n) is 17.1. The molecule has 2 unspecified atom stereocenters. The van der Waals surface area contributed by atoms with Crippen LogP contribution in [0.2, 0.25) is 0 Å². The van der Waals surface area contributed by atoms with Crippen molar-refractivity contribution in [3.63, 3.8) is 0 Å². The third-order valence-corrected chi connectivity index (χ3v) is 9.93. The molecule has 2 atom stereocenters. The summed E-state index contributed by atoms with van der Waals surface area (Å²) in [7, 11) is 0. The van der Waals surface area contributed by atoms with Gasteiger partial charge in [0.2, 0.25) is 0 Å². The molecule has 0 fully saturated rings. The minimum atomic E-state index is -0.222. The zero-order valence-electron chi connectivity index (χ0n) is 28.5. The van der Waals surface area contributed by atoms with E-state index in [1.807, 2.05) is 144 Å². The molecular weight excluding hydrogens is 689 g/mol. The van der Waals surface area contributed by atoms with Gasteiger partial charge in [0.15, 0.2) is 0 Å². The van der Waals surface area contributed by atoms with Crippen molar-refractivity contribution in [2.45, 2.75) is 24.9 Å². The van der Waals surface area contributed by atoms with Gasteiger partial charge in [-0.1, -0.05) is 48.5 Å². The number of benzene rings is 4. The number of ether oxygens (including phenoxy) is 2. The largest absolute Gasteiger partial charge is 0.508 e. The molecular formula is C42H42N4O4S2. The van der Waals surface area contributed by atoms with Crippen molar-refractivity contribution in [3.8, 4) is 11.5 Å². The van der Waals surface area contributed by atoms with Gasteiger partial charge in [0.25, 0.3) is 0 Å². The first kappa shape index (κ1) is 36.3. The first-order chi connectivity index (χ1) is 25.6. The Morgan fingerprint density at radius 2 is 0.923 bits per heavy atom. The van der Waals surface area contributed by atoms with Crippen LogP contribution in [-0.2, 0) is 0 Å². The number of para-hydroxylation sites is 2. The molecule has 0 radical (unpaired) electrons. The Morgan fingerprint density at radius 3 is 1.29 bits per heavy atom. The minimum absolute atomic E-state index is 0.180. The summed E-state index contributed by atoms with van der Waals surface area (Å²) in [5.74, 6) is 1.85. The fourth-order valence-electron chi connectivity index (χ4n) is 5.23. The van der Waals surface area contributed by atoms with E-state index in [9.17, 15) is 10.2 Å². The highest BCUT2D eigenvalue weighted by atomic mass is 32.1. The predicted octanol–water partition coefficient (Wildman–Crippen LogP) is 10.6. The number of rotatable bonds is 19. The van der Waals surface area contributed by atoms with Gasteiger partial charge >= 0.3 is 0 Å². The summed E-state index contributed by atoms with van der Waals surface area (Å²) in [6, 6.07) is 42.3.